The van der Waals surface area contributed by atoms with Crippen LogP contribution in [0.3, 0.4) is 0 Å². The predicted molar refractivity (Wildman–Crippen MR) is 94.1 cm³/mol. The molecule has 1 aliphatic heterocycles. The van der Waals surface area contributed by atoms with Gasteiger partial charge < -0.3 is 10.0 Å². The topological polar surface area (TPSA) is 75.4 Å². The van der Waals surface area contributed by atoms with Gasteiger partial charge in [-0.3, -0.25) is 9.59 Å². The van der Waals surface area contributed by atoms with Crippen LogP contribution in [-0.4, -0.2) is 44.3 Å². The lowest BCUT2D eigenvalue weighted by Gasteiger charge is -2.35. The number of piperidine rings is 1. The predicted octanol–water partition coefficient (Wildman–Crippen LogP) is 3.75. The maximum atomic E-state index is 13.0. The van der Waals surface area contributed by atoms with Gasteiger partial charge in [0.1, 0.15) is 0 Å². The van der Waals surface area contributed by atoms with Gasteiger partial charge in [-0.15, -0.1) is 0 Å². The zero-order chi connectivity index (χ0) is 20.3. The molecule has 1 unspecified atom stereocenters. The van der Waals surface area contributed by atoms with Crippen LogP contribution >= 0.6 is 0 Å². The molecule has 2 aromatic rings. The number of carbonyl (C=O) groups excluding carboxylic acids is 1. The SMILES string of the molecule is O=C(O)CCC1CCCCN1C(=O)c1cccc(-n2ccc(C(F)(F)F)n2)c1. The molecular weight excluding hydrogens is 375 g/mol. The van der Waals surface area contributed by atoms with Gasteiger partial charge in [0.05, 0.1) is 5.69 Å². The Morgan fingerprint density at radius 3 is 2.68 bits per heavy atom. The molecule has 150 valence electrons. The van der Waals surface area contributed by atoms with E-state index < -0.39 is 17.8 Å². The van der Waals surface area contributed by atoms with E-state index in [0.29, 0.717) is 24.2 Å². The van der Waals surface area contributed by atoms with Crippen LogP contribution in [0.25, 0.3) is 5.69 Å². The number of halogens is 3. The first kappa shape index (κ1) is 19.9. The standard InChI is InChI=1S/C19H20F3N3O3/c20-19(21,22)16-9-11-25(23-16)15-6-3-4-13(12-15)18(28)24-10-2-1-5-14(24)7-8-17(26)27/h3-4,6,9,11-12,14H,1-2,5,7-8,10H2,(H,26,27). The highest BCUT2D eigenvalue weighted by molar-refractivity contribution is 5.95. The number of amides is 1. The number of benzene rings is 1. The van der Waals surface area contributed by atoms with Gasteiger partial charge in [-0.1, -0.05) is 6.07 Å². The normalized spacial score (nSPS) is 17.5. The van der Waals surface area contributed by atoms with E-state index in [9.17, 15) is 22.8 Å². The second-order valence-corrected chi connectivity index (χ2v) is 6.77. The number of hydrogen-bond donors (Lipinski definition) is 1. The Labute approximate surface area is 159 Å². The van der Waals surface area contributed by atoms with Crippen LogP contribution < -0.4 is 0 Å². The van der Waals surface area contributed by atoms with Crippen molar-refractivity contribution in [2.75, 3.05) is 6.54 Å². The van der Waals surface area contributed by atoms with Gasteiger partial charge in [0, 0.05) is 30.8 Å². The fourth-order valence-electron chi connectivity index (χ4n) is 3.42. The van der Waals surface area contributed by atoms with Gasteiger partial charge in [-0.05, 0) is 49.9 Å². The number of rotatable bonds is 5. The molecule has 3 rings (SSSR count). The first-order valence-electron chi connectivity index (χ1n) is 9.02. The number of likely N-dealkylation sites (tertiary alicyclic amines) is 1. The molecule has 0 bridgehead atoms. The average molecular weight is 395 g/mol. The lowest BCUT2D eigenvalue weighted by Crippen LogP contribution is -2.44. The van der Waals surface area contributed by atoms with Crippen molar-refractivity contribution in [2.24, 2.45) is 0 Å². The van der Waals surface area contributed by atoms with Crippen LogP contribution in [0.4, 0.5) is 13.2 Å². The first-order valence-corrected chi connectivity index (χ1v) is 9.02. The summed E-state index contributed by atoms with van der Waals surface area (Å²) >= 11 is 0. The van der Waals surface area contributed by atoms with E-state index in [2.05, 4.69) is 5.10 Å². The summed E-state index contributed by atoms with van der Waals surface area (Å²) in [5.41, 5.74) is -0.321. The molecule has 1 aromatic heterocycles. The van der Waals surface area contributed by atoms with Crippen molar-refractivity contribution in [3.05, 3.63) is 47.8 Å². The minimum absolute atomic E-state index is 0.0119. The van der Waals surface area contributed by atoms with E-state index >= 15 is 0 Å². The molecule has 1 N–H and O–H groups in total. The summed E-state index contributed by atoms with van der Waals surface area (Å²) in [5.74, 6) is -1.15. The number of carboxylic acids is 1. The molecule has 2 heterocycles. The molecule has 1 aromatic carbocycles. The van der Waals surface area contributed by atoms with Gasteiger partial charge in [-0.25, -0.2) is 4.68 Å². The van der Waals surface area contributed by atoms with Crippen molar-refractivity contribution < 1.29 is 27.9 Å². The molecule has 1 saturated heterocycles. The number of hydrogen-bond acceptors (Lipinski definition) is 3. The number of carboxylic acid groups (broad SMARTS) is 1. The first-order chi connectivity index (χ1) is 13.3. The van der Waals surface area contributed by atoms with Gasteiger partial charge in [0.25, 0.3) is 5.91 Å². The molecule has 0 saturated carbocycles. The molecule has 28 heavy (non-hydrogen) atoms. The summed E-state index contributed by atoms with van der Waals surface area (Å²) in [6.07, 6.45) is -0.457. The van der Waals surface area contributed by atoms with Crippen LogP contribution in [0.1, 0.15) is 48.2 Å². The van der Waals surface area contributed by atoms with Crippen LogP contribution in [0.5, 0.6) is 0 Å². The van der Waals surface area contributed by atoms with E-state index in [1.165, 1.54) is 12.3 Å². The number of aliphatic carboxylic acids is 1. The van der Waals surface area contributed by atoms with Crippen molar-refractivity contribution in [1.82, 2.24) is 14.7 Å². The zero-order valence-electron chi connectivity index (χ0n) is 15.0. The van der Waals surface area contributed by atoms with E-state index in [0.717, 1.165) is 30.0 Å². The van der Waals surface area contributed by atoms with E-state index in [-0.39, 0.29) is 18.4 Å². The quantitative estimate of drug-likeness (QED) is 0.837. The average Bonchev–Trinajstić information content (AvgIpc) is 3.17. The van der Waals surface area contributed by atoms with Gasteiger partial charge in [-0.2, -0.15) is 18.3 Å². The van der Waals surface area contributed by atoms with Crippen LogP contribution in [0.15, 0.2) is 36.5 Å². The van der Waals surface area contributed by atoms with Crippen molar-refractivity contribution in [3.8, 4) is 5.69 Å². The highest BCUT2D eigenvalue weighted by Crippen LogP contribution is 2.28. The number of alkyl halides is 3. The van der Waals surface area contributed by atoms with E-state index in [1.807, 2.05) is 0 Å². The van der Waals surface area contributed by atoms with E-state index in [1.54, 1.807) is 23.1 Å². The summed E-state index contributed by atoms with van der Waals surface area (Å²) in [7, 11) is 0. The van der Waals surface area contributed by atoms with Crippen LogP contribution in [-0.2, 0) is 11.0 Å². The Hall–Kier alpha value is -2.84. The third-order valence-electron chi connectivity index (χ3n) is 4.82. The molecule has 0 aliphatic carbocycles. The second-order valence-electron chi connectivity index (χ2n) is 6.77. The van der Waals surface area contributed by atoms with Crippen molar-refractivity contribution >= 4 is 11.9 Å². The molecule has 1 amide bonds. The Morgan fingerprint density at radius 2 is 2.00 bits per heavy atom. The van der Waals surface area contributed by atoms with Crippen LogP contribution in [0, 0.1) is 0 Å². The van der Waals surface area contributed by atoms with Gasteiger partial charge in [0.15, 0.2) is 5.69 Å². The highest BCUT2D eigenvalue weighted by Gasteiger charge is 2.34. The number of aromatic nitrogens is 2. The summed E-state index contributed by atoms with van der Waals surface area (Å²) in [6, 6.07) is 6.99. The Bertz CT molecular complexity index is 863. The summed E-state index contributed by atoms with van der Waals surface area (Å²) in [5, 5.41) is 12.4. The molecule has 6 nitrogen and oxygen atoms in total. The van der Waals surface area contributed by atoms with Crippen LogP contribution in [0.2, 0.25) is 0 Å². The third-order valence-corrected chi connectivity index (χ3v) is 4.82. The second kappa shape index (κ2) is 8.04. The molecule has 9 heteroatoms. The Balaban J connectivity index is 1.81. The maximum absolute atomic E-state index is 13.0. The van der Waals surface area contributed by atoms with Crippen molar-refractivity contribution in [2.45, 2.75) is 44.3 Å². The van der Waals surface area contributed by atoms with Gasteiger partial charge >= 0.3 is 12.1 Å². The Morgan fingerprint density at radius 1 is 1.21 bits per heavy atom. The fraction of sp³-hybridized carbons (Fsp3) is 0.421. The Kier molecular flexibility index (Phi) is 5.71. The molecule has 1 fully saturated rings. The lowest BCUT2D eigenvalue weighted by molar-refractivity contribution is -0.141. The summed E-state index contributed by atoms with van der Waals surface area (Å²) < 4.78 is 39.4. The van der Waals surface area contributed by atoms with Crippen molar-refractivity contribution in [3.63, 3.8) is 0 Å². The minimum atomic E-state index is -4.54. The number of carbonyl (C=O) groups is 2. The molecule has 0 spiro atoms. The number of nitrogens with zero attached hydrogens (tertiary/aromatic N) is 3. The molecule has 1 aliphatic rings. The van der Waals surface area contributed by atoms with Crippen molar-refractivity contribution in [1.29, 1.82) is 0 Å². The van der Waals surface area contributed by atoms with Gasteiger partial charge in [0.2, 0.25) is 0 Å². The summed E-state index contributed by atoms with van der Waals surface area (Å²) in [6.45, 7) is 0.535. The summed E-state index contributed by atoms with van der Waals surface area (Å²) in [4.78, 5) is 25.5. The molecular formula is C19H20F3N3O3. The maximum Gasteiger partial charge on any atom is 0.435 e. The van der Waals surface area contributed by atoms with E-state index in [4.69, 9.17) is 5.11 Å². The molecule has 1 atom stereocenters. The smallest absolute Gasteiger partial charge is 0.435 e. The highest BCUT2D eigenvalue weighted by atomic mass is 19.4. The lowest BCUT2D eigenvalue weighted by atomic mass is 9.97. The fourth-order valence-corrected chi connectivity index (χ4v) is 3.42. The largest absolute Gasteiger partial charge is 0.481 e. The third kappa shape index (κ3) is 4.52. The monoisotopic (exact) mass is 395 g/mol. The zero-order valence-corrected chi connectivity index (χ0v) is 15.0. The minimum Gasteiger partial charge on any atom is -0.481 e. The molecule has 0 radical (unpaired) electrons.